The predicted molar refractivity (Wildman–Crippen MR) is 145 cm³/mol. The summed E-state index contributed by atoms with van der Waals surface area (Å²) in [6, 6.07) is 10.4. The number of halogens is 4. The van der Waals surface area contributed by atoms with Crippen LogP contribution in [0.1, 0.15) is 60.3 Å². The fourth-order valence-corrected chi connectivity index (χ4v) is 5.99. The molecule has 6 rings (SSSR count). The molecule has 0 atom stereocenters. The Balaban J connectivity index is 1.21. The summed E-state index contributed by atoms with van der Waals surface area (Å²) in [5, 5.41) is 18.9. The molecular formula is C24H21Cl4N6O3P. The van der Waals surface area contributed by atoms with E-state index in [1.165, 1.54) is 0 Å². The number of benzene rings is 2. The van der Waals surface area contributed by atoms with Gasteiger partial charge >= 0.3 is 8.25 Å². The Bertz CT molecular complexity index is 1380. The van der Waals surface area contributed by atoms with E-state index in [-0.39, 0.29) is 25.0 Å². The first-order valence-electron chi connectivity index (χ1n) is 12.0. The largest absolute Gasteiger partial charge is 0.319 e. The zero-order chi connectivity index (χ0) is 26.4. The first-order valence-corrected chi connectivity index (χ1v) is 14.7. The standard InChI is InChI=1S/C24H21Cl4N6O3P/c25-15-3-1-4-16(26)23(15)33-19(21(29-31-33)13-7-8-13)11-36-38(35)37-12-20-22(14-9-10-14)30-32-34(20)24-17(27)5-2-6-18(24)28/h1-6,13-14,38H,7-12H2. The molecule has 2 fully saturated rings. The van der Waals surface area contributed by atoms with Crippen LogP contribution in [0, 0.1) is 0 Å². The van der Waals surface area contributed by atoms with Gasteiger partial charge < -0.3 is 9.05 Å². The van der Waals surface area contributed by atoms with Gasteiger partial charge in [0.05, 0.1) is 42.9 Å². The molecule has 0 amide bonds. The highest BCUT2D eigenvalue weighted by Crippen LogP contribution is 2.44. The van der Waals surface area contributed by atoms with Gasteiger partial charge in [0.25, 0.3) is 0 Å². The quantitative estimate of drug-likeness (QED) is 0.173. The van der Waals surface area contributed by atoms with Gasteiger partial charge in [0, 0.05) is 11.8 Å². The topological polar surface area (TPSA) is 96.9 Å². The van der Waals surface area contributed by atoms with Crippen molar-refractivity contribution in [2.75, 3.05) is 0 Å². The molecule has 38 heavy (non-hydrogen) atoms. The van der Waals surface area contributed by atoms with E-state index in [2.05, 4.69) is 20.6 Å². The van der Waals surface area contributed by atoms with E-state index in [0.29, 0.717) is 42.9 Å². The Labute approximate surface area is 238 Å². The lowest BCUT2D eigenvalue weighted by Gasteiger charge is -2.13. The number of hydrogen-bond acceptors (Lipinski definition) is 7. The lowest BCUT2D eigenvalue weighted by Crippen LogP contribution is -2.07. The van der Waals surface area contributed by atoms with Crippen LogP contribution in [0.15, 0.2) is 36.4 Å². The summed E-state index contributed by atoms with van der Waals surface area (Å²) in [6.07, 6.45) is 4.00. The molecule has 9 nitrogen and oxygen atoms in total. The first-order chi connectivity index (χ1) is 18.4. The third kappa shape index (κ3) is 5.26. The Morgan fingerprint density at radius 3 is 1.42 bits per heavy atom. The van der Waals surface area contributed by atoms with Crippen molar-refractivity contribution in [3.8, 4) is 11.4 Å². The van der Waals surface area contributed by atoms with Crippen molar-refractivity contribution in [2.45, 2.75) is 50.7 Å². The third-order valence-corrected chi connectivity index (χ3v) is 8.45. The zero-order valence-corrected chi connectivity index (χ0v) is 23.8. The second kappa shape index (κ2) is 10.9. The number of hydrogen-bond donors (Lipinski definition) is 0. The highest BCUT2D eigenvalue weighted by molar-refractivity contribution is 7.33. The number of aromatic nitrogens is 6. The van der Waals surface area contributed by atoms with E-state index < -0.39 is 8.25 Å². The number of para-hydroxylation sites is 2. The van der Waals surface area contributed by atoms with Gasteiger partial charge in [0.2, 0.25) is 0 Å². The molecule has 0 N–H and O–H groups in total. The number of rotatable bonds is 10. The normalized spacial score (nSPS) is 15.5. The van der Waals surface area contributed by atoms with Crippen molar-refractivity contribution in [2.24, 2.45) is 0 Å². The van der Waals surface area contributed by atoms with E-state index in [1.807, 2.05) is 0 Å². The molecule has 2 aromatic carbocycles. The van der Waals surface area contributed by atoms with E-state index in [9.17, 15) is 4.57 Å². The average Bonchev–Trinajstić information content (AvgIpc) is 3.82. The van der Waals surface area contributed by atoms with Crippen LogP contribution >= 0.6 is 54.7 Å². The lowest BCUT2D eigenvalue weighted by atomic mass is 10.2. The highest BCUT2D eigenvalue weighted by atomic mass is 35.5. The van der Waals surface area contributed by atoms with Crippen LogP contribution < -0.4 is 0 Å². The Kier molecular flexibility index (Phi) is 7.53. The molecule has 198 valence electrons. The molecule has 2 aromatic heterocycles. The summed E-state index contributed by atoms with van der Waals surface area (Å²) in [7, 11) is -2.94. The van der Waals surface area contributed by atoms with Crippen LogP contribution in [0.4, 0.5) is 0 Å². The summed E-state index contributed by atoms with van der Waals surface area (Å²) in [6.45, 7) is -0.0803. The minimum Gasteiger partial charge on any atom is -0.304 e. The summed E-state index contributed by atoms with van der Waals surface area (Å²) >= 11 is 25.7. The third-order valence-electron chi connectivity index (χ3n) is 6.47. The summed E-state index contributed by atoms with van der Waals surface area (Å²) < 4.78 is 27.4. The van der Waals surface area contributed by atoms with Gasteiger partial charge in [-0.15, -0.1) is 10.2 Å². The van der Waals surface area contributed by atoms with Crippen molar-refractivity contribution >= 4 is 54.7 Å². The van der Waals surface area contributed by atoms with Gasteiger partial charge in [0.1, 0.15) is 24.6 Å². The van der Waals surface area contributed by atoms with Gasteiger partial charge in [-0.2, -0.15) is 0 Å². The molecule has 0 spiro atoms. The van der Waals surface area contributed by atoms with Crippen LogP contribution in [0.25, 0.3) is 11.4 Å². The van der Waals surface area contributed by atoms with Crippen molar-refractivity contribution in [1.29, 1.82) is 0 Å². The second-order valence-corrected chi connectivity index (χ2v) is 11.9. The molecule has 0 radical (unpaired) electrons. The molecule has 2 saturated carbocycles. The molecule has 2 heterocycles. The van der Waals surface area contributed by atoms with Crippen molar-refractivity contribution in [3.05, 3.63) is 79.3 Å². The molecule has 2 aliphatic rings. The van der Waals surface area contributed by atoms with E-state index >= 15 is 0 Å². The Morgan fingerprint density at radius 2 is 1.08 bits per heavy atom. The number of nitrogens with zero attached hydrogens (tertiary/aromatic N) is 6. The van der Waals surface area contributed by atoms with E-state index in [1.54, 1.807) is 45.8 Å². The molecule has 0 aliphatic heterocycles. The van der Waals surface area contributed by atoms with Gasteiger partial charge in [-0.25, -0.2) is 9.36 Å². The van der Waals surface area contributed by atoms with Crippen molar-refractivity contribution in [1.82, 2.24) is 30.0 Å². The average molecular weight is 614 g/mol. The molecule has 14 heteroatoms. The highest BCUT2D eigenvalue weighted by Gasteiger charge is 2.33. The SMILES string of the molecule is O=[PH](OCc1c(C2CC2)nnn1-c1c(Cl)cccc1Cl)OCc1c(C2CC2)nnn1-c1c(Cl)cccc1Cl. The smallest absolute Gasteiger partial charge is 0.304 e. The Hall–Kier alpha value is -1.97. The lowest BCUT2D eigenvalue weighted by molar-refractivity contribution is 0.206. The van der Waals surface area contributed by atoms with Gasteiger partial charge in [-0.05, 0) is 49.9 Å². The minimum absolute atomic E-state index is 0.0402. The molecule has 0 unspecified atom stereocenters. The van der Waals surface area contributed by atoms with Gasteiger partial charge in [-0.3, -0.25) is 4.57 Å². The molecular weight excluding hydrogens is 593 g/mol. The van der Waals surface area contributed by atoms with Crippen LogP contribution in [0.3, 0.4) is 0 Å². The molecule has 2 aliphatic carbocycles. The van der Waals surface area contributed by atoms with Crippen LogP contribution in [-0.2, 0) is 26.8 Å². The Morgan fingerprint density at radius 1 is 0.711 bits per heavy atom. The molecule has 4 aromatic rings. The van der Waals surface area contributed by atoms with Gasteiger partial charge in [0.15, 0.2) is 0 Å². The monoisotopic (exact) mass is 612 g/mol. The summed E-state index contributed by atoms with van der Waals surface area (Å²) in [5.74, 6) is 0.544. The van der Waals surface area contributed by atoms with E-state index in [4.69, 9.17) is 55.5 Å². The maximum Gasteiger partial charge on any atom is 0.319 e. The van der Waals surface area contributed by atoms with Crippen LogP contribution in [0.5, 0.6) is 0 Å². The zero-order valence-electron chi connectivity index (χ0n) is 19.8. The van der Waals surface area contributed by atoms with Gasteiger partial charge in [-0.1, -0.05) is 69.0 Å². The maximum atomic E-state index is 12.9. The molecule has 0 saturated heterocycles. The predicted octanol–water partition coefficient (Wildman–Crippen LogP) is 7.34. The fraction of sp³-hybridized carbons (Fsp3) is 0.333. The minimum atomic E-state index is -2.94. The van der Waals surface area contributed by atoms with Crippen LogP contribution in [-0.4, -0.2) is 30.0 Å². The molecule has 0 bridgehead atoms. The first kappa shape index (κ1) is 26.3. The maximum absolute atomic E-state index is 12.9. The summed E-state index contributed by atoms with van der Waals surface area (Å²) in [4.78, 5) is 0. The van der Waals surface area contributed by atoms with Crippen molar-refractivity contribution in [3.63, 3.8) is 0 Å². The summed E-state index contributed by atoms with van der Waals surface area (Å²) in [5.41, 5.74) is 3.82. The second-order valence-electron chi connectivity index (χ2n) is 9.18. The van der Waals surface area contributed by atoms with Crippen LogP contribution in [0.2, 0.25) is 20.1 Å². The van der Waals surface area contributed by atoms with E-state index in [0.717, 1.165) is 37.1 Å². The fourth-order valence-electron chi connectivity index (χ4n) is 4.28. The van der Waals surface area contributed by atoms with Crippen molar-refractivity contribution < 1.29 is 13.6 Å².